The van der Waals surface area contributed by atoms with Gasteiger partial charge in [-0.1, -0.05) is 18.2 Å². The van der Waals surface area contributed by atoms with Crippen LogP contribution in [0.25, 0.3) is 0 Å². The summed E-state index contributed by atoms with van der Waals surface area (Å²) in [6, 6.07) is 11.7. The first-order valence-electron chi connectivity index (χ1n) is 8.59. The molecule has 154 valence electrons. The fourth-order valence-electron chi connectivity index (χ4n) is 2.50. The third kappa shape index (κ3) is 5.95. The van der Waals surface area contributed by atoms with Crippen molar-refractivity contribution in [2.75, 3.05) is 32.3 Å². The van der Waals surface area contributed by atoms with E-state index in [-0.39, 0.29) is 18.5 Å². The van der Waals surface area contributed by atoms with Crippen molar-refractivity contribution in [3.63, 3.8) is 0 Å². The molecule has 2 rings (SSSR count). The lowest BCUT2D eigenvalue weighted by Gasteiger charge is -2.22. The van der Waals surface area contributed by atoms with Crippen LogP contribution >= 0.6 is 15.9 Å². The van der Waals surface area contributed by atoms with E-state index >= 15 is 0 Å². The lowest BCUT2D eigenvalue weighted by molar-refractivity contribution is -0.121. The Morgan fingerprint density at radius 2 is 1.62 bits per heavy atom. The van der Waals surface area contributed by atoms with E-state index in [9.17, 15) is 14.4 Å². The van der Waals surface area contributed by atoms with Crippen LogP contribution in [0.2, 0.25) is 0 Å². The molecular weight excluding hydrogens is 444 g/mol. The van der Waals surface area contributed by atoms with E-state index in [1.54, 1.807) is 30.3 Å². The number of esters is 1. The predicted octanol–water partition coefficient (Wildman–Crippen LogP) is 2.53. The van der Waals surface area contributed by atoms with Crippen molar-refractivity contribution in [1.82, 2.24) is 0 Å². The van der Waals surface area contributed by atoms with Gasteiger partial charge in [-0.2, -0.15) is 0 Å². The highest BCUT2D eigenvalue weighted by molar-refractivity contribution is 9.10. The summed E-state index contributed by atoms with van der Waals surface area (Å²) in [5, 5.41) is 0. The molecule has 0 aliphatic heterocycles. The molecule has 0 aromatic heterocycles. The number of carbonyl (C=O) groups excluding carboxylic acids is 3. The second-order valence-corrected chi connectivity index (χ2v) is 6.66. The number of benzene rings is 2. The highest BCUT2D eigenvalue weighted by Crippen LogP contribution is 2.35. The van der Waals surface area contributed by atoms with E-state index in [0.29, 0.717) is 21.7 Å². The molecule has 2 aromatic carbocycles. The average molecular weight is 465 g/mol. The lowest BCUT2D eigenvalue weighted by atomic mass is 10.2. The van der Waals surface area contributed by atoms with E-state index in [1.807, 2.05) is 0 Å². The van der Waals surface area contributed by atoms with Gasteiger partial charge in [0.1, 0.15) is 16.0 Å². The normalized spacial score (nSPS) is 10.2. The lowest BCUT2D eigenvalue weighted by Crippen LogP contribution is -2.37. The van der Waals surface area contributed by atoms with Crippen molar-refractivity contribution in [2.45, 2.75) is 6.42 Å². The molecule has 0 bridgehead atoms. The minimum atomic E-state index is -0.717. The summed E-state index contributed by atoms with van der Waals surface area (Å²) in [6.07, 6.45) is -0.0182. The Bertz CT molecular complexity index is 863. The number of carbonyl (C=O) groups is 3. The molecule has 0 heterocycles. The summed E-state index contributed by atoms with van der Waals surface area (Å²) in [7, 11) is 2.91. The Morgan fingerprint density at radius 3 is 2.14 bits per heavy atom. The summed E-state index contributed by atoms with van der Waals surface area (Å²) in [5.74, 6) is -0.970. The van der Waals surface area contributed by atoms with E-state index in [4.69, 9.17) is 19.9 Å². The molecule has 0 saturated carbocycles. The minimum Gasteiger partial charge on any atom is -0.495 e. The Hall–Kier alpha value is -3.07. The van der Waals surface area contributed by atoms with Crippen molar-refractivity contribution in [3.05, 3.63) is 52.5 Å². The zero-order chi connectivity index (χ0) is 21.4. The molecular formula is C20H21BrN2O6. The van der Waals surface area contributed by atoms with Gasteiger partial charge >= 0.3 is 5.97 Å². The van der Waals surface area contributed by atoms with Crippen molar-refractivity contribution >= 4 is 39.4 Å². The number of halogens is 1. The molecule has 0 fully saturated rings. The second kappa shape index (κ2) is 10.5. The quantitative estimate of drug-likeness (QED) is 0.571. The number of rotatable bonds is 9. The third-order valence-corrected chi connectivity index (χ3v) is 4.74. The molecule has 2 aromatic rings. The molecule has 0 aliphatic rings. The van der Waals surface area contributed by atoms with E-state index < -0.39 is 24.4 Å². The van der Waals surface area contributed by atoms with Crippen LogP contribution in [-0.2, 0) is 14.3 Å². The van der Waals surface area contributed by atoms with Gasteiger partial charge < -0.3 is 24.8 Å². The first-order chi connectivity index (χ1) is 13.9. The number of methoxy groups -OCH3 is 2. The highest BCUT2D eigenvalue weighted by Gasteiger charge is 2.20. The van der Waals surface area contributed by atoms with Crippen LogP contribution in [0, 0.1) is 0 Å². The van der Waals surface area contributed by atoms with Gasteiger partial charge in [-0.05, 0) is 40.2 Å². The maximum atomic E-state index is 12.6. The maximum absolute atomic E-state index is 12.6. The summed E-state index contributed by atoms with van der Waals surface area (Å²) in [6.45, 7) is -0.428. The SMILES string of the molecule is COc1cc(C(=O)OCC(=O)N(CCC(N)=O)c2ccccc2)cc(OC)c1Br. The molecule has 2 amide bonds. The van der Waals surface area contributed by atoms with E-state index in [0.717, 1.165) is 0 Å². The van der Waals surface area contributed by atoms with Gasteiger partial charge in [0, 0.05) is 18.7 Å². The molecule has 29 heavy (non-hydrogen) atoms. The number of primary amides is 1. The van der Waals surface area contributed by atoms with Gasteiger partial charge in [0.2, 0.25) is 5.91 Å². The number of hydrogen-bond acceptors (Lipinski definition) is 6. The number of nitrogens with two attached hydrogens (primary N) is 1. The number of para-hydroxylation sites is 1. The molecule has 0 aliphatic carbocycles. The third-order valence-electron chi connectivity index (χ3n) is 3.96. The molecule has 0 spiro atoms. The van der Waals surface area contributed by atoms with E-state index in [1.165, 1.54) is 31.3 Å². The molecule has 0 saturated heterocycles. The zero-order valence-corrected chi connectivity index (χ0v) is 17.6. The number of ether oxygens (including phenoxy) is 3. The number of amides is 2. The Morgan fingerprint density at radius 1 is 1.03 bits per heavy atom. The predicted molar refractivity (Wildman–Crippen MR) is 110 cm³/mol. The van der Waals surface area contributed by atoms with Crippen LogP contribution in [0.1, 0.15) is 16.8 Å². The summed E-state index contributed by atoms with van der Waals surface area (Å²) >= 11 is 3.32. The highest BCUT2D eigenvalue weighted by atomic mass is 79.9. The van der Waals surface area contributed by atoms with Crippen LogP contribution in [-0.4, -0.2) is 45.2 Å². The molecule has 0 unspecified atom stereocenters. The van der Waals surface area contributed by atoms with Gasteiger partial charge in [-0.15, -0.1) is 0 Å². The van der Waals surface area contributed by atoms with Crippen LogP contribution in [0.4, 0.5) is 5.69 Å². The summed E-state index contributed by atoms with van der Waals surface area (Å²) in [4.78, 5) is 37.5. The van der Waals surface area contributed by atoms with Crippen LogP contribution in [0.3, 0.4) is 0 Å². The van der Waals surface area contributed by atoms with Gasteiger partial charge in [-0.3, -0.25) is 9.59 Å². The van der Waals surface area contributed by atoms with Crippen molar-refractivity contribution in [2.24, 2.45) is 5.73 Å². The summed E-state index contributed by atoms with van der Waals surface area (Å²) < 4.78 is 16.1. The topological polar surface area (TPSA) is 108 Å². The number of anilines is 1. The smallest absolute Gasteiger partial charge is 0.338 e. The largest absolute Gasteiger partial charge is 0.495 e. The Labute approximate surface area is 176 Å². The fourth-order valence-corrected chi connectivity index (χ4v) is 3.06. The van der Waals surface area contributed by atoms with E-state index in [2.05, 4.69) is 15.9 Å². The van der Waals surface area contributed by atoms with Gasteiger partial charge in [0.15, 0.2) is 6.61 Å². The Kier molecular flexibility index (Phi) is 8.02. The average Bonchev–Trinajstić information content (AvgIpc) is 2.72. The molecule has 0 radical (unpaired) electrons. The minimum absolute atomic E-state index is 0.0182. The second-order valence-electron chi connectivity index (χ2n) is 5.87. The summed E-state index contributed by atoms with van der Waals surface area (Å²) in [5.41, 5.74) is 5.93. The van der Waals surface area contributed by atoms with Crippen LogP contribution < -0.4 is 20.1 Å². The van der Waals surface area contributed by atoms with Gasteiger partial charge in [0.25, 0.3) is 5.91 Å². The molecule has 2 N–H and O–H groups in total. The molecule has 8 nitrogen and oxygen atoms in total. The first kappa shape index (κ1) is 22.2. The molecule has 9 heteroatoms. The zero-order valence-electron chi connectivity index (χ0n) is 16.0. The first-order valence-corrected chi connectivity index (χ1v) is 9.39. The fraction of sp³-hybridized carbons (Fsp3) is 0.250. The van der Waals surface area contributed by atoms with Crippen molar-refractivity contribution in [1.29, 1.82) is 0 Å². The number of hydrogen-bond donors (Lipinski definition) is 1. The van der Waals surface area contributed by atoms with Crippen LogP contribution in [0.5, 0.6) is 11.5 Å². The maximum Gasteiger partial charge on any atom is 0.338 e. The van der Waals surface area contributed by atoms with Gasteiger partial charge in [0.05, 0.1) is 19.8 Å². The van der Waals surface area contributed by atoms with Crippen molar-refractivity contribution < 1.29 is 28.6 Å². The monoisotopic (exact) mass is 464 g/mol. The number of nitrogens with zero attached hydrogens (tertiary/aromatic N) is 1. The standard InChI is InChI=1S/C20H21BrN2O6/c1-27-15-10-13(11-16(28-2)19(15)21)20(26)29-12-18(25)23(9-8-17(22)24)14-6-4-3-5-7-14/h3-7,10-11H,8-9,12H2,1-2H3,(H2,22,24). The van der Waals surface area contributed by atoms with Crippen LogP contribution in [0.15, 0.2) is 46.9 Å². The molecule has 0 atom stereocenters. The van der Waals surface area contributed by atoms with Crippen molar-refractivity contribution in [3.8, 4) is 11.5 Å². The van der Waals surface area contributed by atoms with Gasteiger partial charge in [-0.25, -0.2) is 4.79 Å². The Balaban J connectivity index is 2.12.